The second-order valence-electron chi connectivity index (χ2n) is 8.06. The number of hydrogen-bond donors (Lipinski definition) is 0. The first-order chi connectivity index (χ1) is 13.8. The van der Waals surface area contributed by atoms with Crippen molar-refractivity contribution in [2.75, 3.05) is 39.8 Å². The van der Waals surface area contributed by atoms with Gasteiger partial charge in [-0.25, -0.2) is 0 Å². The van der Waals surface area contributed by atoms with Gasteiger partial charge in [0.15, 0.2) is 0 Å². The van der Waals surface area contributed by atoms with Gasteiger partial charge in [-0.2, -0.15) is 0 Å². The van der Waals surface area contributed by atoms with E-state index in [2.05, 4.69) is 76.1 Å². The third kappa shape index (κ3) is 3.17. The Bertz CT molecular complexity index is 1110. The first-order valence-corrected chi connectivity index (χ1v) is 10.5. The van der Waals surface area contributed by atoms with Gasteiger partial charge in [0, 0.05) is 60.6 Å². The van der Waals surface area contributed by atoms with Crippen molar-refractivity contribution in [2.45, 2.75) is 19.4 Å². The molecule has 4 nitrogen and oxygen atoms in total. The van der Waals surface area contributed by atoms with Gasteiger partial charge in [0.05, 0.1) is 11.0 Å². The van der Waals surface area contributed by atoms with E-state index >= 15 is 0 Å². The van der Waals surface area contributed by atoms with Gasteiger partial charge in [0.25, 0.3) is 0 Å². The van der Waals surface area contributed by atoms with Crippen molar-refractivity contribution in [3.63, 3.8) is 0 Å². The third-order valence-electron chi connectivity index (χ3n) is 6.20. The highest BCUT2D eigenvalue weighted by Gasteiger charge is 2.15. The summed E-state index contributed by atoms with van der Waals surface area (Å²) in [7, 11) is 2.22. The fourth-order valence-electron chi connectivity index (χ4n) is 4.58. The van der Waals surface area contributed by atoms with Crippen LogP contribution >= 0.6 is 0 Å². The maximum absolute atomic E-state index is 4.71. The number of piperazine rings is 1. The molecule has 5 rings (SSSR count). The predicted octanol–water partition coefficient (Wildman–Crippen LogP) is 4.37. The molecule has 1 aliphatic rings. The molecule has 0 unspecified atom stereocenters. The fourth-order valence-corrected chi connectivity index (χ4v) is 4.58. The minimum atomic E-state index is 1.06. The van der Waals surface area contributed by atoms with Gasteiger partial charge in [-0.15, -0.1) is 0 Å². The van der Waals surface area contributed by atoms with Gasteiger partial charge >= 0.3 is 0 Å². The minimum absolute atomic E-state index is 1.06. The van der Waals surface area contributed by atoms with Gasteiger partial charge in [-0.05, 0) is 38.6 Å². The number of fused-ring (bicyclic) bond motifs is 5. The summed E-state index contributed by atoms with van der Waals surface area (Å²) in [5.41, 5.74) is 3.75. The van der Waals surface area contributed by atoms with Crippen LogP contribution in [0.1, 0.15) is 12.8 Å². The van der Waals surface area contributed by atoms with E-state index in [1.807, 2.05) is 0 Å². The lowest BCUT2D eigenvalue weighted by Crippen LogP contribution is -2.44. The largest absolute Gasteiger partial charge is 0.340 e. The highest BCUT2D eigenvalue weighted by atomic mass is 15.2. The molecule has 4 heteroatoms. The number of likely N-dealkylation sites (N-methyl/N-ethyl adjacent to an activating group) is 1. The molecule has 0 bridgehead atoms. The zero-order chi connectivity index (χ0) is 18.9. The topological polar surface area (TPSA) is 24.3 Å². The zero-order valence-electron chi connectivity index (χ0n) is 16.6. The van der Waals surface area contributed by atoms with Crippen molar-refractivity contribution in [1.82, 2.24) is 19.4 Å². The van der Waals surface area contributed by atoms with E-state index in [-0.39, 0.29) is 0 Å². The Balaban J connectivity index is 1.43. The minimum Gasteiger partial charge on any atom is -0.340 e. The lowest BCUT2D eigenvalue weighted by molar-refractivity contribution is 0.152. The van der Waals surface area contributed by atoms with Gasteiger partial charge in [0.2, 0.25) is 0 Å². The normalized spacial score (nSPS) is 16.5. The quantitative estimate of drug-likeness (QED) is 0.486. The zero-order valence-corrected chi connectivity index (χ0v) is 16.6. The standard InChI is InChI=1S/C24H28N4/c1-26-14-16-27(17-15-26)12-6-7-13-28-23-11-5-3-8-19(23)21-18-25-22-10-4-2-9-20(22)24(21)28/h2-5,8-11,18H,6-7,12-17H2,1H3. The molecule has 144 valence electrons. The number of rotatable bonds is 5. The second-order valence-corrected chi connectivity index (χ2v) is 8.06. The summed E-state index contributed by atoms with van der Waals surface area (Å²) < 4.78 is 2.53. The number of benzene rings is 2. The first kappa shape index (κ1) is 17.7. The molecule has 2 aromatic heterocycles. The molecule has 0 atom stereocenters. The van der Waals surface area contributed by atoms with Crippen LogP contribution in [0.4, 0.5) is 0 Å². The number of para-hydroxylation sites is 2. The summed E-state index contributed by atoms with van der Waals surface area (Å²) >= 11 is 0. The van der Waals surface area contributed by atoms with Gasteiger partial charge in [-0.3, -0.25) is 4.98 Å². The van der Waals surface area contributed by atoms with Crippen molar-refractivity contribution < 1.29 is 0 Å². The van der Waals surface area contributed by atoms with Crippen LogP contribution in [0.5, 0.6) is 0 Å². The molecule has 0 saturated carbocycles. The summed E-state index contributed by atoms with van der Waals surface area (Å²) in [6.07, 6.45) is 4.51. The van der Waals surface area contributed by atoms with E-state index < -0.39 is 0 Å². The molecule has 4 aromatic rings. The number of hydrogen-bond acceptors (Lipinski definition) is 3. The summed E-state index contributed by atoms with van der Waals surface area (Å²) in [6, 6.07) is 17.3. The monoisotopic (exact) mass is 372 g/mol. The molecule has 0 aliphatic carbocycles. The summed E-state index contributed by atoms with van der Waals surface area (Å²) in [6.45, 7) is 7.10. The lowest BCUT2D eigenvalue weighted by atomic mass is 10.1. The Labute approximate surface area is 166 Å². The van der Waals surface area contributed by atoms with Gasteiger partial charge in [0.1, 0.15) is 0 Å². The molecule has 1 aliphatic heterocycles. The SMILES string of the molecule is CN1CCN(CCCCn2c3ccccc3c3cnc4ccccc4c32)CC1. The Morgan fingerprint density at radius 1 is 0.786 bits per heavy atom. The van der Waals surface area contributed by atoms with Crippen LogP contribution in [0.2, 0.25) is 0 Å². The molecular weight excluding hydrogens is 344 g/mol. The first-order valence-electron chi connectivity index (χ1n) is 10.5. The molecule has 28 heavy (non-hydrogen) atoms. The maximum atomic E-state index is 4.71. The van der Waals surface area contributed by atoms with Crippen molar-refractivity contribution in [1.29, 1.82) is 0 Å². The maximum Gasteiger partial charge on any atom is 0.0723 e. The van der Waals surface area contributed by atoms with Crippen LogP contribution < -0.4 is 0 Å². The molecule has 3 heterocycles. The molecule has 2 aromatic carbocycles. The lowest BCUT2D eigenvalue weighted by Gasteiger charge is -2.32. The van der Waals surface area contributed by atoms with Crippen LogP contribution in [-0.4, -0.2) is 59.1 Å². The summed E-state index contributed by atoms with van der Waals surface area (Å²) in [4.78, 5) is 9.75. The van der Waals surface area contributed by atoms with E-state index in [1.165, 1.54) is 72.8 Å². The Hall–Kier alpha value is -2.43. The van der Waals surface area contributed by atoms with Crippen LogP contribution in [-0.2, 0) is 6.54 Å². The van der Waals surface area contributed by atoms with Crippen LogP contribution in [0.15, 0.2) is 54.7 Å². The predicted molar refractivity (Wildman–Crippen MR) is 118 cm³/mol. The van der Waals surface area contributed by atoms with E-state index in [4.69, 9.17) is 4.98 Å². The average Bonchev–Trinajstić information content (AvgIpc) is 3.07. The molecule has 1 fully saturated rings. The molecule has 0 radical (unpaired) electrons. The number of aryl methyl sites for hydroxylation is 1. The molecule has 0 spiro atoms. The Kier molecular flexibility index (Phi) is 4.75. The average molecular weight is 373 g/mol. The van der Waals surface area contributed by atoms with Gasteiger partial charge < -0.3 is 14.4 Å². The Morgan fingerprint density at radius 3 is 2.36 bits per heavy atom. The smallest absolute Gasteiger partial charge is 0.0723 e. The second kappa shape index (κ2) is 7.53. The number of nitrogens with zero attached hydrogens (tertiary/aromatic N) is 4. The number of unbranched alkanes of at least 4 members (excludes halogenated alkanes) is 1. The summed E-state index contributed by atoms with van der Waals surface area (Å²) in [5.74, 6) is 0. The number of pyridine rings is 1. The highest BCUT2D eigenvalue weighted by Crippen LogP contribution is 2.33. The third-order valence-corrected chi connectivity index (χ3v) is 6.20. The van der Waals surface area contributed by atoms with E-state index in [1.54, 1.807) is 0 Å². The number of aromatic nitrogens is 2. The van der Waals surface area contributed by atoms with Crippen molar-refractivity contribution in [3.05, 3.63) is 54.7 Å². The van der Waals surface area contributed by atoms with E-state index in [0.717, 1.165) is 12.1 Å². The molecule has 0 N–H and O–H groups in total. The molecule has 1 saturated heterocycles. The van der Waals surface area contributed by atoms with Crippen LogP contribution in [0, 0.1) is 0 Å². The molecular formula is C24H28N4. The van der Waals surface area contributed by atoms with Gasteiger partial charge in [-0.1, -0.05) is 36.4 Å². The Morgan fingerprint density at radius 2 is 1.50 bits per heavy atom. The van der Waals surface area contributed by atoms with Crippen molar-refractivity contribution >= 4 is 32.7 Å². The van der Waals surface area contributed by atoms with E-state index in [9.17, 15) is 0 Å². The van der Waals surface area contributed by atoms with Crippen LogP contribution in [0.3, 0.4) is 0 Å². The van der Waals surface area contributed by atoms with E-state index in [0.29, 0.717) is 0 Å². The fraction of sp³-hybridized carbons (Fsp3) is 0.375. The van der Waals surface area contributed by atoms with Crippen molar-refractivity contribution in [2.24, 2.45) is 0 Å². The highest BCUT2D eigenvalue weighted by molar-refractivity contribution is 6.16. The molecule has 0 amide bonds. The summed E-state index contributed by atoms with van der Waals surface area (Å²) in [5, 5.41) is 3.85. The van der Waals surface area contributed by atoms with Crippen LogP contribution in [0.25, 0.3) is 32.7 Å². The van der Waals surface area contributed by atoms with Crippen molar-refractivity contribution in [3.8, 4) is 0 Å².